The number of rotatable bonds is 62. The molecule has 0 aliphatic rings. The third-order valence-electron chi connectivity index (χ3n) is 15.2. The van der Waals surface area contributed by atoms with Crippen molar-refractivity contribution in [1.29, 1.82) is 0 Å². The van der Waals surface area contributed by atoms with Crippen molar-refractivity contribution in [2.75, 3.05) is 40.9 Å². The van der Waals surface area contributed by atoms with Crippen molar-refractivity contribution in [3.63, 3.8) is 0 Å². The van der Waals surface area contributed by atoms with E-state index in [-0.39, 0.29) is 25.1 Å². The molecule has 0 heterocycles. The zero-order valence-corrected chi connectivity index (χ0v) is 54.0. The lowest BCUT2D eigenvalue weighted by molar-refractivity contribution is -0.870. The number of nitrogens with zero attached hydrogens (tertiary/aromatic N) is 1. The van der Waals surface area contributed by atoms with Crippen molar-refractivity contribution >= 4 is 19.7 Å². The van der Waals surface area contributed by atoms with E-state index in [0.29, 0.717) is 23.9 Å². The first-order chi connectivity index (χ1) is 38.4. The minimum absolute atomic E-state index is 0.0399. The minimum atomic E-state index is -4.45. The number of quaternary nitrogens is 1. The first-order valence-corrected chi connectivity index (χ1v) is 35.5. The van der Waals surface area contributed by atoms with E-state index in [2.05, 4.69) is 62.5 Å². The maximum Gasteiger partial charge on any atom is 0.472 e. The summed E-state index contributed by atoms with van der Waals surface area (Å²) < 4.78 is 30.8. The molecule has 0 aromatic carbocycles. The summed E-state index contributed by atoms with van der Waals surface area (Å²) >= 11 is 0. The highest BCUT2D eigenvalue weighted by molar-refractivity contribution is 7.47. The Morgan fingerprint density at radius 2 is 0.772 bits per heavy atom. The van der Waals surface area contributed by atoms with Gasteiger partial charge >= 0.3 is 13.8 Å². The lowest BCUT2D eigenvalue weighted by atomic mass is 10.0. The van der Waals surface area contributed by atoms with Gasteiger partial charge in [-0.05, 0) is 89.5 Å². The van der Waals surface area contributed by atoms with Gasteiger partial charge in [-0.15, -0.1) is 0 Å². The molecule has 3 atom stereocenters. The van der Waals surface area contributed by atoms with Gasteiger partial charge in [0.1, 0.15) is 19.3 Å². The zero-order valence-electron chi connectivity index (χ0n) is 53.1. The minimum Gasteiger partial charge on any atom is -0.456 e. The monoisotopic (exact) mass is 1130 g/mol. The number of nitrogens with one attached hydrogen (secondary N) is 1. The predicted octanol–water partition coefficient (Wildman–Crippen LogP) is 21.2. The second-order valence-corrected chi connectivity index (χ2v) is 25.8. The van der Waals surface area contributed by atoms with Gasteiger partial charge in [-0.25, -0.2) is 4.57 Å². The molecule has 2 N–H and O–H groups in total. The van der Waals surface area contributed by atoms with Crippen LogP contribution >= 0.6 is 7.82 Å². The Bertz CT molecular complexity index is 1490. The molecule has 9 nitrogen and oxygen atoms in total. The smallest absolute Gasteiger partial charge is 0.456 e. The number of unbranched alkanes of at least 4 members (excludes halogenated alkanes) is 40. The lowest BCUT2D eigenvalue weighted by Crippen LogP contribution is -2.47. The van der Waals surface area contributed by atoms with Crippen LogP contribution in [0.4, 0.5) is 0 Å². The Balaban J connectivity index is 5.07. The molecule has 0 fully saturated rings. The molecule has 0 saturated carbocycles. The van der Waals surface area contributed by atoms with Crippen LogP contribution in [0.25, 0.3) is 0 Å². The molecule has 0 rings (SSSR count). The molecule has 0 bridgehead atoms. The average molecular weight is 1130 g/mol. The standard InChI is InChI=1S/C69H131N2O7P/c1-7-10-13-16-19-22-25-28-30-32-33-34-35-36-37-38-39-40-42-44-47-50-53-56-59-62-69(73)78-67(60-57-54-51-48-45-27-24-21-18-15-12-9-3)66(65-77-79(74,75)76-64-63-71(4,5)6)70-68(72)61-58-55-52-49-46-43-41-31-29-26-23-20-17-14-11-8-2/h19,22,28,30-31,41,57,60,66-67H,7-18,20-21,23-27,29,32-40,42-56,58-59,61-65H2,1-6H3,(H-,70,72,74,75)/p+1/b22-19-,30-28-,41-31+,60-57-. The third-order valence-corrected chi connectivity index (χ3v) is 16.2. The van der Waals surface area contributed by atoms with Crippen LogP contribution in [0, 0.1) is 0 Å². The van der Waals surface area contributed by atoms with Crippen molar-refractivity contribution in [1.82, 2.24) is 5.32 Å². The summed E-state index contributed by atoms with van der Waals surface area (Å²) in [6.45, 7) is 7.02. The number of ether oxygens (including phenoxy) is 1. The highest BCUT2D eigenvalue weighted by Gasteiger charge is 2.30. The lowest BCUT2D eigenvalue weighted by Gasteiger charge is -2.27. The number of carbonyl (C=O) groups is 2. The average Bonchev–Trinajstić information content (AvgIpc) is 3.41. The van der Waals surface area contributed by atoms with Crippen LogP contribution in [0.5, 0.6) is 0 Å². The predicted molar refractivity (Wildman–Crippen MR) is 342 cm³/mol. The molecule has 0 aromatic rings. The van der Waals surface area contributed by atoms with Gasteiger partial charge in [-0.3, -0.25) is 18.6 Å². The van der Waals surface area contributed by atoms with Crippen LogP contribution in [0.1, 0.15) is 329 Å². The molecular formula is C69H132N2O7P+. The first kappa shape index (κ1) is 77.0. The fourth-order valence-corrected chi connectivity index (χ4v) is 10.7. The van der Waals surface area contributed by atoms with Gasteiger partial charge in [-0.1, -0.05) is 275 Å². The summed E-state index contributed by atoms with van der Waals surface area (Å²) in [7, 11) is 1.50. The molecule has 464 valence electrons. The summed E-state index contributed by atoms with van der Waals surface area (Å²) in [5.41, 5.74) is 0. The Labute approximate surface area is 490 Å². The highest BCUT2D eigenvalue weighted by Crippen LogP contribution is 2.43. The van der Waals surface area contributed by atoms with Gasteiger partial charge in [-0.2, -0.15) is 0 Å². The first-order valence-electron chi connectivity index (χ1n) is 34.0. The number of carbonyl (C=O) groups excluding carboxylic acids is 2. The van der Waals surface area contributed by atoms with E-state index < -0.39 is 20.0 Å². The van der Waals surface area contributed by atoms with E-state index in [1.54, 1.807) is 0 Å². The SMILES string of the molecule is CCCCC/C=C\C/C=C\CCCCCCCCCCCCCCCCCC(=O)OC(/C=C\CCCCCCCCCCCC)C(COP(=O)(O)OCC[N+](C)(C)C)NC(=O)CCCCCCC/C=C/CCCCCCCCC. The molecule has 0 radical (unpaired) electrons. The number of esters is 1. The molecule has 0 aliphatic carbocycles. The molecule has 1 amide bonds. The van der Waals surface area contributed by atoms with Crippen LogP contribution in [0.2, 0.25) is 0 Å². The van der Waals surface area contributed by atoms with Gasteiger partial charge in [0.15, 0.2) is 0 Å². The van der Waals surface area contributed by atoms with Crippen LogP contribution in [0.15, 0.2) is 48.6 Å². The summed E-state index contributed by atoms with van der Waals surface area (Å²) in [5, 5.41) is 3.06. The Kier molecular flexibility index (Phi) is 57.6. The summed E-state index contributed by atoms with van der Waals surface area (Å²) in [6.07, 6.45) is 74.0. The second-order valence-electron chi connectivity index (χ2n) is 24.3. The van der Waals surface area contributed by atoms with E-state index in [9.17, 15) is 19.0 Å². The van der Waals surface area contributed by atoms with E-state index in [1.165, 1.54) is 212 Å². The molecular weight excluding hydrogens is 1000 g/mol. The number of hydrogen-bond acceptors (Lipinski definition) is 6. The van der Waals surface area contributed by atoms with Crippen molar-refractivity contribution in [2.45, 2.75) is 341 Å². The van der Waals surface area contributed by atoms with Crippen LogP contribution < -0.4 is 5.32 Å². The zero-order chi connectivity index (χ0) is 57.9. The summed E-state index contributed by atoms with van der Waals surface area (Å²) in [6, 6.07) is -0.851. The quantitative estimate of drug-likeness (QED) is 0.0205. The molecule has 0 spiro atoms. The number of phosphoric ester groups is 1. The van der Waals surface area contributed by atoms with Gasteiger partial charge in [0.25, 0.3) is 0 Å². The number of amides is 1. The number of phosphoric acid groups is 1. The van der Waals surface area contributed by atoms with Crippen LogP contribution in [-0.2, 0) is 27.9 Å². The van der Waals surface area contributed by atoms with Gasteiger partial charge in [0.2, 0.25) is 5.91 Å². The van der Waals surface area contributed by atoms with Crippen molar-refractivity contribution in [2.24, 2.45) is 0 Å². The molecule has 10 heteroatoms. The molecule has 0 aliphatic heterocycles. The number of hydrogen-bond donors (Lipinski definition) is 2. The van der Waals surface area contributed by atoms with E-state index in [4.69, 9.17) is 13.8 Å². The maximum absolute atomic E-state index is 13.6. The molecule has 3 unspecified atom stereocenters. The normalized spacial score (nSPS) is 13.9. The Morgan fingerprint density at radius 3 is 1.18 bits per heavy atom. The largest absolute Gasteiger partial charge is 0.472 e. The topological polar surface area (TPSA) is 111 Å². The molecule has 0 aromatic heterocycles. The Hall–Kier alpha value is -2.03. The van der Waals surface area contributed by atoms with E-state index in [0.717, 1.165) is 83.5 Å². The number of allylic oxidation sites excluding steroid dienone is 7. The molecule has 79 heavy (non-hydrogen) atoms. The van der Waals surface area contributed by atoms with Crippen molar-refractivity contribution in [3.05, 3.63) is 48.6 Å². The number of likely N-dealkylation sites (N-methyl/N-ethyl adjacent to an activating group) is 1. The third kappa shape index (κ3) is 60.4. The second kappa shape index (κ2) is 59.1. The maximum atomic E-state index is 13.6. The van der Waals surface area contributed by atoms with E-state index >= 15 is 0 Å². The van der Waals surface area contributed by atoms with Gasteiger partial charge in [0.05, 0.1) is 33.8 Å². The highest BCUT2D eigenvalue weighted by atomic mass is 31.2. The molecule has 0 saturated heterocycles. The van der Waals surface area contributed by atoms with Crippen LogP contribution in [0.3, 0.4) is 0 Å². The van der Waals surface area contributed by atoms with Crippen molar-refractivity contribution < 1.29 is 37.3 Å². The van der Waals surface area contributed by atoms with Crippen LogP contribution in [-0.4, -0.2) is 74.3 Å². The summed E-state index contributed by atoms with van der Waals surface area (Å²) in [5.74, 6) is -0.502. The summed E-state index contributed by atoms with van der Waals surface area (Å²) in [4.78, 5) is 37.8. The fourth-order valence-electron chi connectivity index (χ4n) is 9.97. The van der Waals surface area contributed by atoms with Gasteiger partial charge < -0.3 is 19.4 Å². The van der Waals surface area contributed by atoms with E-state index in [1.807, 2.05) is 33.3 Å². The van der Waals surface area contributed by atoms with Gasteiger partial charge in [0, 0.05) is 12.8 Å². The Morgan fingerprint density at radius 1 is 0.443 bits per heavy atom. The van der Waals surface area contributed by atoms with Crippen molar-refractivity contribution in [3.8, 4) is 0 Å². The fraction of sp³-hybridized carbons (Fsp3) is 0.855.